The minimum atomic E-state index is -0.595. The molecule has 0 aliphatic rings. The number of hydrogen-bond donors (Lipinski definition) is 2. The van der Waals surface area contributed by atoms with Crippen LogP contribution >= 0.6 is 0 Å². The molecule has 0 radical (unpaired) electrons. The quantitative estimate of drug-likeness (QED) is 0.540. The van der Waals surface area contributed by atoms with E-state index in [2.05, 4.69) is 28.8 Å². The summed E-state index contributed by atoms with van der Waals surface area (Å²) in [5.41, 5.74) is 2.54. The Morgan fingerprint density at radius 1 is 1.19 bits per heavy atom. The van der Waals surface area contributed by atoms with Gasteiger partial charge in [0.05, 0.1) is 12.0 Å². The van der Waals surface area contributed by atoms with Crippen LogP contribution in [0, 0.1) is 5.92 Å². The van der Waals surface area contributed by atoms with Crippen molar-refractivity contribution in [2.24, 2.45) is 5.92 Å². The third kappa shape index (κ3) is 7.10. The van der Waals surface area contributed by atoms with E-state index in [0.717, 1.165) is 16.7 Å². The number of nitrogens with one attached hydrogen (secondary N) is 2. The highest BCUT2D eigenvalue weighted by molar-refractivity contribution is 5.97. The molecule has 1 aromatic heterocycles. The number of anilines is 1. The topological polar surface area (TPSA) is 80.3 Å². The molecule has 31 heavy (non-hydrogen) atoms. The maximum atomic E-state index is 12.4. The predicted molar refractivity (Wildman–Crippen MR) is 125 cm³/mol. The first-order valence-electron chi connectivity index (χ1n) is 10.2. The summed E-state index contributed by atoms with van der Waals surface area (Å²) < 4.78 is 5.39. The van der Waals surface area contributed by atoms with Crippen LogP contribution in [0.3, 0.4) is 0 Å². The molecule has 1 heterocycles. The summed E-state index contributed by atoms with van der Waals surface area (Å²) in [4.78, 5) is 29.0. The fourth-order valence-corrected chi connectivity index (χ4v) is 2.89. The number of carbonyl (C=O) groups is 2. The number of amides is 2. The van der Waals surface area contributed by atoms with Crippen molar-refractivity contribution in [3.8, 4) is 11.1 Å². The van der Waals surface area contributed by atoms with Crippen molar-refractivity contribution in [1.82, 2.24) is 10.3 Å². The van der Waals surface area contributed by atoms with Gasteiger partial charge < -0.3 is 15.4 Å². The molecule has 0 aliphatic heterocycles. The van der Waals surface area contributed by atoms with Crippen molar-refractivity contribution in [2.75, 3.05) is 5.32 Å². The number of ether oxygens (including phenoxy) is 1. The molecule has 2 aromatic rings. The van der Waals surface area contributed by atoms with E-state index in [1.54, 1.807) is 31.5 Å². The van der Waals surface area contributed by atoms with Crippen LogP contribution in [-0.2, 0) is 9.53 Å². The normalized spacial score (nSPS) is 12.9. The van der Waals surface area contributed by atoms with Gasteiger partial charge in [0.2, 0.25) is 5.91 Å². The summed E-state index contributed by atoms with van der Waals surface area (Å²) in [5, 5.41) is 5.83. The van der Waals surface area contributed by atoms with Gasteiger partial charge in [0.1, 0.15) is 5.60 Å². The minimum Gasteiger partial charge on any atom is -0.444 e. The lowest BCUT2D eigenvalue weighted by Gasteiger charge is -2.23. The summed E-state index contributed by atoms with van der Waals surface area (Å²) in [5.74, 6) is -0.449. The summed E-state index contributed by atoms with van der Waals surface area (Å²) in [6.45, 7) is 14.7. The molecule has 2 N–H and O–H groups in total. The van der Waals surface area contributed by atoms with Gasteiger partial charge in [-0.2, -0.15) is 0 Å². The Morgan fingerprint density at radius 3 is 2.55 bits per heavy atom. The van der Waals surface area contributed by atoms with E-state index >= 15 is 0 Å². The molecule has 0 saturated heterocycles. The maximum absolute atomic E-state index is 12.4. The van der Waals surface area contributed by atoms with Crippen LogP contribution in [0.5, 0.6) is 0 Å². The van der Waals surface area contributed by atoms with Gasteiger partial charge in [-0.25, -0.2) is 4.79 Å². The minimum absolute atomic E-state index is 0.136. The zero-order valence-corrected chi connectivity index (χ0v) is 18.6. The number of alkyl carbamates (subject to hydrolysis) is 1. The van der Waals surface area contributed by atoms with Gasteiger partial charge in [-0.3, -0.25) is 9.78 Å². The van der Waals surface area contributed by atoms with Crippen LogP contribution in [0.2, 0.25) is 0 Å². The van der Waals surface area contributed by atoms with E-state index in [-0.39, 0.29) is 17.9 Å². The van der Waals surface area contributed by atoms with E-state index in [9.17, 15) is 9.59 Å². The Labute approximate surface area is 184 Å². The SMILES string of the molecule is C=CC[C@H](NC(=O)OC(C)(C)C)c1cncc(-c2ccccc2NC(=O)[C@H](C)C=C)c1. The van der Waals surface area contributed by atoms with Crippen LogP contribution in [-0.4, -0.2) is 22.6 Å². The average Bonchev–Trinajstić information content (AvgIpc) is 2.72. The molecule has 2 rings (SSSR count). The molecule has 6 heteroatoms. The zero-order chi connectivity index (χ0) is 23.0. The highest BCUT2D eigenvalue weighted by atomic mass is 16.6. The second-order valence-corrected chi connectivity index (χ2v) is 8.29. The zero-order valence-electron chi connectivity index (χ0n) is 18.6. The fraction of sp³-hybridized carbons (Fsp3) is 0.320. The van der Waals surface area contributed by atoms with Gasteiger partial charge in [-0.1, -0.05) is 37.3 Å². The van der Waals surface area contributed by atoms with Crippen molar-refractivity contribution >= 4 is 17.7 Å². The van der Waals surface area contributed by atoms with Gasteiger partial charge in [-0.05, 0) is 44.9 Å². The third-order valence-corrected chi connectivity index (χ3v) is 4.52. The summed E-state index contributed by atoms with van der Waals surface area (Å²) in [6, 6.07) is 9.12. The monoisotopic (exact) mass is 421 g/mol. The molecule has 0 saturated carbocycles. The molecule has 2 atom stereocenters. The van der Waals surface area contributed by atoms with Crippen LogP contribution in [0.15, 0.2) is 68.0 Å². The Balaban J connectivity index is 2.33. The van der Waals surface area contributed by atoms with Crippen molar-refractivity contribution in [1.29, 1.82) is 0 Å². The van der Waals surface area contributed by atoms with Gasteiger partial charge in [0.15, 0.2) is 0 Å². The predicted octanol–water partition coefficient (Wildman–Crippen LogP) is 5.65. The lowest BCUT2D eigenvalue weighted by molar-refractivity contribution is -0.118. The number of aromatic nitrogens is 1. The molecule has 0 fully saturated rings. The molecule has 164 valence electrons. The molecule has 0 spiro atoms. The van der Waals surface area contributed by atoms with Crippen LogP contribution < -0.4 is 10.6 Å². The van der Waals surface area contributed by atoms with Gasteiger partial charge in [0, 0.05) is 29.2 Å². The Bertz CT molecular complexity index is 947. The first-order chi connectivity index (χ1) is 14.6. The standard InChI is InChI=1S/C25H31N3O3/c1-7-11-21(28-24(30)31-25(4,5)6)19-14-18(15-26-16-19)20-12-9-10-13-22(20)27-23(29)17(3)8-2/h7-10,12-17,21H,1-2,11H2,3-6H3,(H,27,29)(H,28,30)/t17-,21+/m1/s1. The summed E-state index contributed by atoms with van der Waals surface area (Å²) in [7, 11) is 0. The van der Waals surface area contributed by atoms with Crippen molar-refractivity contribution in [2.45, 2.75) is 45.8 Å². The van der Waals surface area contributed by atoms with Gasteiger partial charge >= 0.3 is 6.09 Å². The van der Waals surface area contributed by atoms with Crippen LogP contribution in [0.1, 0.15) is 45.7 Å². The Morgan fingerprint density at radius 2 is 1.90 bits per heavy atom. The fourth-order valence-electron chi connectivity index (χ4n) is 2.89. The third-order valence-electron chi connectivity index (χ3n) is 4.52. The Kier molecular flexibility index (Phi) is 8.14. The van der Waals surface area contributed by atoms with Gasteiger partial charge in [0.25, 0.3) is 0 Å². The Hall–Kier alpha value is -3.41. The number of hydrogen-bond acceptors (Lipinski definition) is 4. The van der Waals surface area contributed by atoms with E-state index in [0.29, 0.717) is 12.1 Å². The highest BCUT2D eigenvalue weighted by Gasteiger charge is 2.21. The molecule has 1 aromatic carbocycles. The highest BCUT2D eigenvalue weighted by Crippen LogP contribution is 2.30. The number of rotatable bonds is 8. The van der Waals surface area contributed by atoms with E-state index in [4.69, 9.17) is 4.74 Å². The molecular weight excluding hydrogens is 390 g/mol. The second kappa shape index (κ2) is 10.6. The number of para-hydroxylation sites is 1. The summed E-state index contributed by atoms with van der Waals surface area (Å²) >= 11 is 0. The molecule has 0 unspecified atom stereocenters. The lowest BCUT2D eigenvalue weighted by atomic mass is 9.99. The first kappa shape index (κ1) is 23.9. The smallest absolute Gasteiger partial charge is 0.408 e. The molecule has 0 bridgehead atoms. The number of carbonyl (C=O) groups excluding carboxylic acids is 2. The van der Waals surface area contributed by atoms with E-state index in [1.165, 1.54) is 0 Å². The van der Waals surface area contributed by atoms with Crippen molar-refractivity contribution in [3.05, 3.63) is 73.6 Å². The molecule has 6 nitrogen and oxygen atoms in total. The van der Waals surface area contributed by atoms with Crippen LogP contribution in [0.4, 0.5) is 10.5 Å². The number of pyridine rings is 1. The van der Waals surface area contributed by atoms with Crippen molar-refractivity contribution in [3.63, 3.8) is 0 Å². The average molecular weight is 422 g/mol. The number of nitrogens with zero attached hydrogens (tertiary/aromatic N) is 1. The van der Waals surface area contributed by atoms with Crippen LogP contribution in [0.25, 0.3) is 11.1 Å². The second-order valence-electron chi connectivity index (χ2n) is 8.29. The lowest BCUT2D eigenvalue weighted by Crippen LogP contribution is -2.34. The van der Waals surface area contributed by atoms with Gasteiger partial charge in [-0.15, -0.1) is 13.2 Å². The molecule has 0 aliphatic carbocycles. The molecule has 2 amide bonds. The van der Waals surface area contributed by atoms with Crippen molar-refractivity contribution < 1.29 is 14.3 Å². The maximum Gasteiger partial charge on any atom is 0.408 e. The van der Waals surface area contributed by atoms with E-state index in [1.807, 2.05) is 51.1 Å². The number of benzene rings is 1. The summed E-state index contributed by atoms with van der Waals surface area (Å²) in [6.07, 6.45) is 6.78. The van der Waals surface area contributed by atoms with E-state index < -0.39 is 11.7 Å². The largest absolute Gasteiger partial charge is 0.444 e. The molecular formula is C25H31N3O3. The first-order valence-corrected chi connectivity index (χ1v) is 10.2.